The van der Waals surface area contributed by atoms with E-state index in [0.29, 0.717) is 6.42 Å². The zero-order chi connectivity index (χ0) is 12.6. The standard InChI is InChI=1S/C11H19NO4/c1-2-3-4-9(11(15)16)10(14)7-8(13)5-6-12/h8-10,13-14H,2-5,7H2,1H3,(H,15,16). The summed E-state index contributed by atoms with van der Waals surface area (Å²) in [7, 11) is 0. The van der Waals surface area contributed by atoms with E-state index in [1.165, 1.54) is 0 Å². The third-order valence-electron chi connectivity index (χ3n) is 2.49. The van der Waals surface area contributed by atoms with E-state index in [0.717, 1.165) is 12.8 Å². The van der Waals surface area contributed by atoms with Gasteiger partial charge in [0.05, 0.1) is 30.6 Å². The first kappa shape index (κ1) is 14.9. The van der Waals surface area contributed by atoms with Gasteiger partial charge in [-0.05, 0) is 6.42 Å². The molecule has 3 atom stereocenters. The van der Waals surface area contributed by atoms with Gasteiger partial charge in [0.2, 0.25) is 0 Å². The van der Waals surface area contributed by atoms with E-state index < -0.39 is 24.1 Å². The summed E-state index contributed by atoms with van der Waals surface area (Å²) in [6.45, 7) is 1.94. The number of hydrogen-bond donors (Lipinski definition) is 3. The number of aliphatic hydroxyl groups is 2. The van der Waals surface area contributed by atoms with Gasteiger partial charge in [-0.3, -0.25) is 4.79 Å². The molecule has 16 heavy (non-hydrogen) atoms. The Kier molecular flexibility index (Phi) is 7.52. The summed E-state index contributed by atoms with van der Waals surface area (Å²) in [5.74, 6) is -1.90. The van der Waals surface area contributed by atoms with Crippen molar-refractivity contribution >= 4 is 5.97 Å². The lowest BCUT2D eigenvalue weighted by Gasteiger charge is -2.20. The summed E-state index contributed by atoms with van der Waals surface area (Å²) in [6.07, 6.45) is -0.215. The zero-order valence-corrected chi connectivity index (χ0v) is 9.46. The van der Waals surface area contributed by atoms with Crippen molar-refractivity contribution in [3.05, 3.63) is 0 Å². The van der Waals surface area contributed by atoms with Crippen molar-refractivity contribution in [3.8, 4) is 6.07 Å². The summed E-state index contributed by atoms with van der Waals surface area (Å²) >= 11 is 0. The highest BCUT2D eigenvalue weighted by atomic mass is 16.4. The van der Waals surface area contributed by atoms with Gasteiger partial charge in [-0.25, -0.2) is 0 Å². The smallest absolute Gasteiger partial charge is 0.309 e. The van der Waals surface area contributed by atoms with Crippen LogP contribution in [0.4, 0.5) is 0 Å². The van der Waals surface area contributed by atoms with Crippen molar-refractivity contribution in [2.24, 2.45) is 5.92 Å². The zero-order valence-electron chi connectivity index (χ0n) is 9.46. The number of aliphatic hydroxyl groups excluding tert-OH is 2. The fourth-order valence-electron chi connectivity index (χ4n) is 1.54. The van der Waals surface area contributed by atoms with E-state index in [4.69, 9.17) is 10.4 Å². The molecule has 5 heteroatoms. The molecule has 92 valence electrons. The molecule has 0 aromatic carbocycles. The predicted octanol–water partition coefficient (Wildman–Crippen LogP) is 0.903. The second-order valence-electron chi connectivity index (χ2n) is 3.91. The lowest BCUT2D eigenvalue weighted by atomic mass is 9.92. The summed E-state index contributed by atoms with van der Waals surface area (Å²) in [5, 5.41) is 36.2. The van der Waals surface area contributed by atoms with Crippen LogP contribution < -0.4 is 0 Å². The third kappa shape index (κ3) is 5.69. The molecule has 0 aromatic heterocycles. The van der Waals surface area contributed by atoms with Crippen molar-refractivity contribution in [2.45, 2.75) is 51.2 Å². The number of rotatable bonds is 8. The van der Waals surface area contributed by atoms with E-state index in [-0.39, 0.29) is 12.8 Å². The summed E-state index contributed by atoms with van der Waals surface area (Å²) in [5.41, 5.74) is 0. The molecule has 0 aliphatic carbocycles. The molecule has 0 radical (unpaired) electrons. The molecule has 0 amide bonds. The molecule has 0 saturated heterocycles. The molecule has 0 rings (SSSR count). The quantitative estimate of drug-likeness (QED) is 0.574. The summed E-state index contributed by atoms with van der Waals surface area (Å²) in [4.78, 5) is 10.9. The number of carboxylic acids is 1. The highest BCUT2D eigenvalue weighted by Gasteiger charge is 2.27. The Labute approximate surface area is 95.3 Å². The fraction of sp³-hybridized carbons (Fsp3) is 0.818. The Morgan fingerprint density at radius 3 is 2.50 bits per heavy atom. The first-order valence-electron chi connectivity index (χ1n) is 5.48. The van der Waals surface area contributed by atoms with Gasteiger partial charge in [0.1, 0.15) is 0 Å². The van der Waals surface area contributed by atoms with Gasteiger partial charge in [0.25, 0.3) is 0 Å². The van der Waals surface area contributed by atoms with E-state index in [9.17, 15) is 15.0 Å². The molecule has 0 saturated carbocycles. The van der Waals surface area contributed by atoms with Crippen molar-refractivity contribution < 1.29 is 20.1 Å². The average molecular weight is 229 g/mol. The van der Waals surface area contributed by atoms with Crippen LogP contribution in [-0.4, -0.2) is 33.5 Å². The number of nitriles is 1. The van der Waals surface area contributed by atoms with E-state index >= 15 is 0 Å². The lowest BCUT2D eigenvalue weighted by Crippen LogP contribution is -2.31. The maximum absolute atomic E-state index is 10.9. The van der Waals surface area contributed by atoms with Crippen LogP contribution in [0.2, 0.25) is 0 Å². The summed E-state index contributed by atoms with van der Waals surface area (Å²) in [6, 6.07) is 1.78. The van der Waals surface area contributed by atoms with Crippen LogP contribution in [0.5, 0.6) is 0 Å². The van der Waals surface area contributed by atoms with Gasteiger partial charge >= 0.3 is 5.97 Å². The maximum Gasteiger partial charge on any atom is 0.309 e. The Morgan fingerprint density at radius 2 is 2.06 bits per heavy atom. The van der Waals surface area contributed by atoms with E-state index in [1.807, 2.05) is 6.92 Å². The van der Waals surface area contributed by atoms with Gasteiger partial charge in [-0.15, -0.1) is 0 Å². The van der Waals surface area contributed by atoms with Crippen LogP contribution >= 0.6 is 0 Å². The normalized spacial score (nSPS) is 16.1. The maximum atomic E-state index is 10.9. The molecule has 0 fully saturated rings. The molecular weight excluding hydrogens is 210 g/mol. The third-order valence-corrected chi connectivity index (χ3v) is 2.49. The molecule has 0 aliphatic rings. The highest BCUT2D eigenvalue weighted by molar-refractivity contribution is 5.70. The van der Waals surface area contributed by atoms with E-state index in [2.05, 4.69) is 0 Å². The Balaban J connectivity index is 4.21. The molecule has 3 unspecified atom stereocenters. The highest BCUT2D eigenvalue weighted by Crippen LogP contribution is 2.18. The molecule has 3 N–H and O–H groups in total. The average Bonchev–Trinajstić information content (AvgIpc) is 2.17. The lowest BCUT2D eigenvalue weighted by molar-refractivity contribution is -0.146. The van der Waals surface area contributed by atoms with Gasteiger partial charge in [-0.2, -0.15) is 5.26 Å². The first-order valence-corrected chi connectivity index (χ1v) is 5.48. The minimum absolute atomic E-state index is 0.0613. The first-order chi connectivity index (χ1) is 7.52. The van der Waals surface area contributed by atoms with Crippen LogP contribution in [0.3, 0.4) is 0 Å². The Morgan fingerprint density at radius 1 is 1.44 bits per heavy atom. The minimum atomic E-state index is -1.09. The Bertz CT molecular complexity index is 249. The van der Waals surface area contributed by atoms with Crippen LogP contribution in [0.15, 0.2) is 0 Å². The van der Waals surface area contributed by atoms with Crippen LogP contribution in [0, 0.1) is 17.2 Å². The molecule has 0 aromatic rings. The van der Waals surface area contributed by atoms with Crippen molar-refractivity contribution in [2.75, 3.05) is 0 Å². The van der Waals surface area contributed by atoms with Gasteiger partial charge in [0.15, 0.2) is 0 Å². The predicted molar refractivity (Wildman–Crippen MR) is 57.5 cm³/mol. The molecule has 0 bridgehead atoms. The number of hydrogen-bond acceptors (Lipinski definition) is 4. The largest absolute Gasteiger partial charge is 0.481 e. The van der Waals surface area contributed by atoms with Crippen LogP contribution in [-0.2, 0) is 4.79 Å². The van der Waals surface area contributed by atoms with E-state index in [1.54, 1.807) is 6.07 Å². The van der Waals surface area contributed by atoms with Crippen molar-refractivity contribution in [1.82, 2.24) is 0 Å². The van der Waals surface area contributed by atoms with Crippen molar-refractivity contribution in [1.29, 1.82) is 5.26 Å². The molecule has 0 aliphatic heterocycles. The monoisotopic (exact) mass is 229 g/mol. The Hall–Kier alpha value is -1.12. The van der Waals surface area contributed by atoms with Crippen LogP contribution in [0.1, 0.15) is 39.0 Å². The van der Waals surface area contributed by atoms with Gasteiger partial charge < -0.3 is 15.3 Å². The van der Waals surface area contributed by atoms with Crippen LogP contribution in [0.25, 0.3) is 0 Å². The molecular formula is C11H19NO4. The van der Waals surface area contributed by atoms with Crippen molar-refractivity contribution in [3.63, 3.8) is 0 Å². The number of carbonyl (C=O) groups is 1. The number of carboxylic acid groups (broad SMARTS) is 1. The second-order valence-corrected chi connectivity index (χ2v) is 3.91. The number of aliphatic carboxylic acids is 1. The number of nitrogens with zero attached hydrogens (tertiary/aromatic N) is 1. The van der Waals surface area contributed by atoms with Gasteiger partial charge in [0, 0.05) is 6.42 Å². The molecule has 0 spiro atoms. The van der Waals surface area contributed by atoms with Gasteiger partial charge in [-0.1, -0.05) is 19.8 Å². The topological polar surface area (TPSA) is 102 Å². The minimum Gasteiger partial charge on any atom is -0.481 e. The summed E-state index contributed by atoms with van der Waals surface area (Å²) < 4.78 is 0. The molecule has 0 heterocycles. The molecule has 5 nitrogen and oxygen atoms in total. The SMILES string of the molecule is CCCCC(C(=O)O)C(O)CC(O)CC#N. The second kappa shape index (κ2) is 8.08. The number of unbranched alkanes of at least 4 members (excludes halogenated alkanes) is 1. The fourth-order valence-corrected chi connectivity index (χ4v) is 1.54.